The van der Waals surface area contributed by atoms with Crippen LogP contribution < -0.4 is 14.4 Å². The molecule has 0 saturated carbocycles. The molecule has 1 aliphatic rings. The number of methoxy groups -OCH3 is 2. The lowest BCUT2D eigenvalue weighted by atomic mass is 10.1. The van der Waals surface area contributed by atoms with Crippen molar-refractivity contribution in [2.75, 3.05) is 19.1 Å². The van der Waals surface area contributed by atoms with Crippen LogP contribution >= 0.6 is 0 Å². The van der Waals surface area contributed by atoms with Crippen molar-refractivity contribution in [2.45, 2.75) is 19.1 Å². The van der Waals surface area contributed by atoms with Crippen LogP contribution in [0.5, 0.6) is 11.5 Å². The number of carboxylic acids is 1. The summed E-state index contributed by atoms with van der Waals surface area (Å²) in [5.74, 6) is -0.722. The number of rotatable bonds is 5. The lowest BCUT2D eigenvalue weighted by Crippen LogP contribution is -2.37. The predicted octanol–water partition coefficient (Wildman–Crippen LogP) is 2.74. The van der Waals surface area contributed by atoms with E-state index in [9.17, 15) is 9.59 Å². The minimum atomic E-state index is -1.10. The summed E-state index contributed by atoms with van der Waals surface area (Å²) in [5.41, 5.74) is 1.86. The monoisotopic (exact) mass is 357 g/mol. The van der Waals surface area contributed by atoms with Crippen molar-refractivity contribution in [3.05, 3.63) is 48.0 Å². The van der Waals surface area contributed by atoms with E-state index in [0.29, 0.717) is 22.9 Å². The molecule has 1 atom stereocenters. The van der Waals surface area contributed by atoms with Crippen LogP contribution in [0, 0.1) is 0 Å². The fourth-order valence-electron chi connectivity index (χ4n) is 2.97. The number of para-hydroxylation sites is 2. The number of ether oxygens (including phenoxy) is 3. The Bertz CT molecular complexity index is 835. The van der Waals surface area contributed by atoms with E-state index < -0.39 is 24.4 Å². The summed E-state index contributed by atoms with van der Waals surface area (Å²) in [6, 6.07) is 12.5. The maximum Gasteiger partial charge on any atom is 0.306 e. The molecular formula is C19H19NO6. The Morgan fingerprint density at radius 3 is 2.58 bits per heavy atom. The van der Waals surface area contributed by atoms with Crippen LogP contribution in [0.25, 0.3) is 0 Å². The highest BCUT2D eigenvalue weighted by molar-refractivity contribution is 6.06. The van der Waals surface area contributed by atoms with Crippen molar-refractivity contribution in [2.24, 2.45) is 0 Å². The zero-order chi connectivity index (χ0) is 18.7. The molecule has 1 amide bonds. The molecule has 0 radical (unpaired) electrons. The lowest BCUT2D eigenvalue weighted by molar-refractivity contribution is -0.145. The molecule has 7 nitrogen and oxygen atoms in total. The number of amides is 1. The Morgan fingerprint density at radius 2 is 1.88 bits per heavy atom. The van der Waals surface area contributed by atoms with Gasteiger partial charge in [0.15, 0.2) is 11.5 Å². The van der Waals surface area contributed by atoms with Crippen molar-refractivity contribution in [3.8, 4) is 11.5 Å². The zero-order valence-corrected chi connectivity index (χ0v) is 14.5. The normalized spacial score (nSPS) is 16.6. The lowest BCUT2D eigenvalue weighted by Gasteiger charge is -2.27. The van der Waals surface area contributed by atoms with Crippen molar-refractivity contribution < 1.29 is 28.9 Å². The van der Waals surface area contributed by atoms with Gasteiger partial charge in [0.05, 0.1) is 38.6 Å². The molecule has 3 rings (SSSR count). The molecule has 136 valence electrons. The van der Waals surface area contributed by atoms with Gasteiger partial charge in [-0.25, -0.2) is 0 Å². The van der Waals surface area contributed by atoms with Gasteiger partial charge < -0.3 is 19.3 Å². The molecule has 0 aromatic heterocycles. The maximum atomic E-state index is 13.2. The van der Waals surface area contributed by atoms with Crippen molar-refractivity contribution >= 4 is 23.3 Å². The van der Waals surface area contributed by atoms with Gasteiger partial charge >= 0.3 is 5.97 Å². The summed E-state index contributed by atoms with van der Waals surface area (Å²) in [6.45, 7) is 0.142. The number of carbonyl (C=O) groups excluding carboxylic acids is 1. The molecule has 0 bridgehead atoms. The van der Waals surface area contributed by atoms with Crippen molar-refractivity contribution in [1.82, 2.24) is 0 Å². The molecule has 0 saturated heterocycles. The second-order valence-electron chi connectivity index (χ2n) is 5.71. The molecule has 0 fully saturated rings. The van der Waals surface area contributed by atoms with Crippen LogP contribution in [0.3, 0.4) is 0 Å². The second-order valence-corrected chi connectivity index (χ2v) is 5.71. The Morgan fingerprint density at radius 1 is 1.15 bits per heavy atom. The smallest absolute Gasteiger partial charge is 0.306 e. The molecule has 26 heavy (non-hydrogen) atoms. The summed E-state index contributed by atoms with van der Waals surface area (Å²) < 4.78 is 16.4. The van der Waals surface area contributed by atoms with E-state index in [2.05, 4.69) is 0 Å². The topological polar surface area (TPSA) is 85.3 Å². The van der Waals surface area contributed by atoms with Gasteiger partial charge in [0.25, 0.3) is 5.91 Å². The maximum absolute atomic E-state index is 13.2. The number of carbonyl (C=O) groups is 2. The molecule has 1 unspecified atom stereocenters. The summed E-state index contributed by atoms with van der Waals surface area (Å²) in [7, 11) is 3.00. The average Bonchev–Trinajstić information content (AvgIpc) is 2.77. The molecule has 1 N–H and O–H groups in total. The van der Waals surface area contributed by atoms with E-state index in [1.807, 2.05) is 18.2 Å². The third-order valence-corrected chi connectivity index (χ3v) is 4.15. The number of benzene rings is 2. The minimum Gasteiger partial charge on any atom is -0.493 e. The summed E-state index contributed by atoms with van der Waals surface area (Å²) in [6.07, 6.45) is -1.52. The Labute approximate surface area is 150 Å². The van der Waals surface area contributed by atoms with Crippen LogP contribution in [0.15, 0.2) is 42.5 Å². The fraction of sp³-hybridized carbons (Fsp3) is 0.263. The number of fused-ring (bicyclic) bond motifs is 1. The third kappa shape index (κ3) is 3.21. The highest BCUT2D eigenvalue weighted by Crippen LogP contribution is 2.43. The average molecular weight is 357 g/mol. The fourth-order valence-corrected chi connectivity index (χ4v) is 2.97. The van der Waals surface area contributed by atoms with Gasteiger partial charge in [-0.1, -0.05) is 24.3 Å². The number of aliphatic carboxylic acids is 1. The molecule has 7 heteroatoms. The Balaban J connectivity index is 2.18. The largest absolute Gasteiger partial charge is 0.493 e. The highest BCUT2D eigenvalue weighted by Gasteiger charge is 2.35. The number of hydrogen-bond acceptors (Lipinski definition) is 5. The minimum absolute atomic E-state index is 0.142. The van der Waals surface area contributed by atoms with Crippen LogP contribution in [-0.2, 0) is 20.9 Å². The van der Waals surface area contributed by atoms with Gasteiger partial charge in [0.2, 0.25) is 0 Å². The second kappa shape index (κ2) is 7.45. The molecule has 2 aromatic carbocycles. The van der Waals surface area contributed by atoms with Gasteiger partial charge in [-0.3, -0.25) is 14.5 Å². The quantitative estimate of drug-likeness (QED) is 0.886. The number of nitrogens with zero attached hydrogens (tertiary/aromatic N) is 1. The van der Waals surface area contributed by atoms with Crippen LogP contribution in [0.1, 0.15) is 12.0 Å². The van der Waals surface area contributed by atoms with Crippen LogP contribution in [0.2, 0.25) is 0 Å². The highest BCUT2D eigenvalue weighted by atomic mass is 16.5. The SMILES string of the molecule is COc1cccc(N2C(=O)C(CC(=O)O)OCc3ccccc32)c1OC. The van der Waals surface area contributed by atoms with E-state index in [-0.39, 0.29) is 6.61 Å². The van der Waals surface area contributed by atoms with Gasteiger partial charge in [-0.2, -0.15) is 0 Å². The molecule has 0 spiro atoms. The Kier molecular flexibility index (Phi) is 5.09. The van der Waals surface area contributed by atoms with E-state index >= 15 is 0 Å². The number of anilines is 2. The Hall–Kier alpha value is -3.06. The first-order valence-electron chi connectivity index (χ1n) is 8.03. The summed E-state index contributed by atoms with van der Waals surface area (Å²) in [4.78, 5) is 25.8. The number of hydrogen-bond donors (Lipinski definition) is 1. The van der Waals surface area contributed by atoms with Gasteiger partial charge in [0, 0.05) is 5.56 Å². The van der Waals surface area contributed by atoms with Gasteiger partial charge in [-0.05, 0) is 18.2 Å². The molecule has 1 heterocycles. The van der Waals surface area contributed by atoms with E-state index in [1.165, 1.54) is 19.1 Å². The number of carboxylic acid groups (broad SMARTS) is 1. The standard InChI is InChI=1S/C19H19NO6/c1-24-15-9-5-8-14(18(15)25-2)20-13-7-4-3-6-12(13)11-26-16(19(20)23)10-17(21)22/h3-9,16H,10-11H2,1-2H3,(H,21,22). The van der Waals surface area contributed by atoms with Crippen molar-refractivity contribution in [3.63, 3.8) is 0 Å². The van der Waals surface area contributed by atoms with Crippen molar-refractivity contribution in [1.29, 1.82) is 0 Å². The predicted molar refractivity (Wildman–Crippen MR) is 94.0 cm³/mol. The molecule has 1 aliphatic heterocycles. The van der Waals surface area contributed by atoms with Crippen LogP contribution in [-0.4, -0.2) is 37.3 Å². The molecular weight excluding hydrogens is 338 g/mol. The summed E-state index contributed by atoms with van der Waals surface area (Å²) >= 11 is 0. The third-order valence-electron chi connectivity index (χ3n) is 4.15. The zero-order valence-electron chi connectivity index (χ0n) is 14.5. The van der Waals surface area contributed by atoms with Crippen LogP contribution in [0.4, 0.5) is 11.4 Å². The first kappa shape index (κ1) is 17.8. The van der Waals surface area contributed by atoms with E-state index in [4.69, 9.17) is 19.3 Å². The first-order valence-corrected chi connectivity index (χ1v) is 8.03. The van der Waals surface area contributed by atoms with E-state index in [0.717, 1.165) is 5.56 Å². The summed E-state index contributed by atoms with van der Waals surface area (Å²) in [5, 5.41) is 9.14. The molecule has 0 aliphatic carbocycles. The molecule has 2 aromatic rings. The van der Waals surface area contributed by atoms with E-state index in [1.54, 1.807) is 24.3 Å². The van der Waals surface area contributed by atoms with Gasteiger partial charge in [0.1, 0.15) is 6.10 Å². The van der Waals surface area contributed by atoms with Gasteiger partial charge in [-0.15, -0.1) is 0 Å². The first-order chi connectivity index (χ1) is 12.6.